The number of benzene rings is 1. The molecule has 3 heteroatoms. The van der Waals surface area contributed by atoms with E-state index in [0.717, 1.165) is 5.56 Å². The molecule has 0 spiro atoms. The minimum atomic E-state index is -0.269. The summed E-state index contributed by atoms with van der Waals surface area (Å²) in [6, 6.07) is 8.15. The predicted molar refractivity (Wildman–Crippen MR) is 46.0 cm³/mol. The van der Waals surface area contributed by atoms with Crippen LogP contribution >= 0.6 is 0 Å². The van der Waals surface area contributed by atoms with Gasteiger partial charge in [-0.15, -0.1) is 0 Å². The van der Waals surface area contributed by atoms with Crippen molar-refractivity contribution >= 4 is 5.97 Å². The molecule has 13 heavy (non-hydrogen) atoms. The second-order valence-corrected chi connectivity index (χ2v) is 2.48. The van der Waals surface area contributed by atoms with Crippen LogP contribution in [0.25, 0.3) is 0 Å². The normalized spacial score (nSPS) is 8.77. The number of ether oxygens (including phenoxy) is 1. The molecule has 1 rings (SSSR count). The minimum Gasteiger partial charge on any atom is -0.464 e. The predicted octanol–water partition coefficient (Wildman–Crippen LogP) is 1.97. The summed E-state index contributed by atoms with van der Waals surface area (Å²) in [5.74, 6) is -0.269. The van der Waals surface area contributed by atoms with E-state index in [-0.39, 0.29) is 27.0 Å². The van der Waals surface area contributed by atoms with Crippen molar-refractivity contribution in [2.45, 2.75) is 13.8 Å². The number of hydrogen-bond acceptors (Lipinski definition) is 2. The fourth-order valence-electron chi connectivity index (χ4n) is 0.927. The standard InChI is InChI=1S/C10H11O2.W/c1-3-12-10(11)9-6-4-5-8(2)7-9;/h4,6-7H,3H2,1-2H3;/q-1;. The van der Waals surface area contributed by atoms with E-state index in [2.05, 4.69) is 6.07 Å². The largest absolute Gasteiger partial charge is 0.464 e. The number of hydrogen-bond donors (Lipinski definition) is 0. The van der Waals surface area contributed by atoms with E-state index >= 15 is 0 Å². The second kappa shape index (κ2) is 5.93. The van der Waals surface area contributed by atoms with Crippen LogP contribution in [-0.4, -0.2) is 12.6 Å². The zero-order chi connectivity index (χ0) is 8.97. The van der Waals surface area contributed by atoms with Crippen molar-refractivity contribution in [2.24, 2.45) is 0 Å². The molecule has 0 amide bonds. The van der Waals surface area contributed by atoms with E-state index in [4.69, 9.17) is 4.74 Å². The fourth-order valence-corrected chi connectivity index (χ4v) is 0.927. The van der Waals surface area contributed by atoms with E-state index in [1.165, 1.54) is 0 Å². The molecule has 0 aliphatic heterocycles. The van der Waals surface area contributed by atoms with Gasteiger partial charge in [-0.2, -0.15) is 29.8 Å². The summed E-state index contributed by atoms with van der Waals surface area (Å²) in [7, 11) is 0. The van der Waals surface area contributed by atoms with Gasteiger partial charge in [-0.1, -0.05) is 6.92 Å². The van der Waals surface area contributed by atoms with Crippen molar-refractivity contribution < 1.29 is 30.6 Å². The zero-order valence-electron chi connectivity index (χ0n) is 7.66. The van der Waals surface area contributed by atoms with Crippen LogP contribution in [0.3, 0.4) is 0 Å². The van der Waals surface area contributed by atoms with E-state index in [9.17, 15) is 4.79 Å². The molecular weight excluding hydrogens is 336 g/mol. The SMILES string of the molecule is CCOC(=O)c1cc[c-]c(C)c1.[W]. The van der Waals surface area contributed by atoms with Crippen LogP contribution in [0, 0.1) is 13.0 Å². The maximum atomic E-state index is 11.2. The molecule has 2 nitrogen and oxygen atoms in total. The Balaban J connectivity index is 0.00000144. The second-order valence-electron chi connectivity index (χ2n) is 2.48. The van der Waals surface area contributed by atoms with Crippen LogP contribution in [0.5, 0.6) is 0 Å². The monoisotopic (exact) mass is 347 g/mol. The van der Waals surface area contributed by atoms with E-state index < -0.39 is 0 Å². The van der Waals surface area contributed by atoms with Gasteiger partial charge in [-0.05, 0) is 12.5 Å². The molecule has 0 saturated heterocycles. The van der Waals surface area contributed by atoms with Gasteiger partial charge in [0.15, 0.2) is 0 Å². The molecule has 0 atom stereocenters. The Morgan fingerprint density at radius 1 is 1.62 bits per heavy atom. The molecule has 0 unspecified atom stereocenters. The molecule has 0 aromatic heterocycles. The first-order chi connectivity index (χ1) is 5.74. The van der Waals surface area contributed by atoms with E-state index in [1.807, 2.05) is 6.92 Å². The molecule has 70 valence electrons. The van der Waals surface area contributed by atoms with Gasteiger partial charge in [0.1, 0.15) is 0 Å². The average molecular weight is 347 g/mol. The van der Waals surface area contributed by atoms with Gasteiger partial charge >= 0.3 is 5.97 Å². The first kappa shape index (κ1) is 12.4. The molecular formula is C10H11O2W-. The zero-order valence-corrected chi connectivity index (χ0v) is 10.6. The Morgan fingerprint density at radius 2 is 2.31 bits per heavy atom. The van der Waals surface area contributed by atoms with Crippen molar-refractivity contribution in [3.63, 3.8) is 0 Å². The van der Waals surface area contributed by atoms with Gasteiger partial charge < -0.3 is 4.74 Å². The topological polar surface area (TPSA) is 26.3 Å². The summed E-state index contributed by atoms with van der Waals surface area (Å²) >= 11 is 0. The van der Waals surface area contributed by atoms with Crippen LogP contribution in [-0.2, 0) is 25.8 Å². The van der Waals surface area contributed by atoms with Gasteiger partial charge in [0.2, 0.25) is 0 Å². The summed E-state index contributed by atoms with van der Waals surface area (Å²) in [5.41, 5.74) is 1.54. The van der Waals surface area contributed by atoms with Gasteiger partial charge in [-0.3, -0.25) is 0 Å². The molecule has 0 saturated carbocycles. The number of esters is 1. The van der Waals surface area contributed by atoms with Crippen molar-refractivity contribution in [1.29, 1.82) is 0 Å². The van der Waals surface area contributed by atoms with Crippen molar-refractivity contribution in [2.75, 3.05) is 6.61 Å². The smallest absolute Gasteiger partial charge is 0.313 e. The number of carbonyl (C=O) groups is 1. The Hall–Kier alpha value is -0.622. The molecule has 0 fully saturated rings. The first-order valence-electron chi connectivity index (χ1n) is 3.89. The Morgan fingerprint density at radius 3 is 2.85 bits per heavy atom. The van der Waals surface area contributed by atoms with Gasteiger partial charge in [0.05, 0.1) is 6.61 Å². The molecule has 1 aromatic rings. The third kappa shape index (κ3) is 3.73. The van der Waals surface area contributed by atoms with Crippen LogP contribution in [0.15, 0.2) is 18.2 Å². The summed E-state index contributed by atoms with van der Waals surface area (Å²) < 4.78 is 4.83. The van der Waals surface area contributed by atoms with Crippen LogP contribution < -0.4 is 0 Å². The molecule has 1 aromatic carbocycles. The Bertz CT molecular complexity index is 284. The quantitative estimate of drug-likeness (QED) is 0.604. The molecule has 0 aliphatic carbocycles. The van der Waals surface area contributed by atoms with Crippen LogP contribution in [0.2, 0.25) is 0 Å². The minimum absolute atomic E-state index is 0. The summed E-state index contributed by atoms with van der Waals surface area (Å²) in [6.45, 7) is 4.10. The molecule has 0 N–H and O–H groups in total. The number of carbonyl (C=O) groups excluding carboxylic acids is 1. The van der Waals surface area contributed by atoms with Gasteiger partial charge in [0.25, 0.3) is 0 Å². The van der Waals surface area contributed by atoms with Crippen molar-refractivity contribution in [1.82, 2.24) is 0 Å². The third-order valence-corrected chi connectivity index (χ3v) is 1.46. The number of rotatable bonds is 2. The molecule has 0 radical (unpaired) electrons. The maximum Gasteiger partial charge on any atom is 0.313 e. The summed E-state index contributed by atoms with van der Waals surface area (Å²) in [6.07, 6.45) is 0. The van der Waals surface area contributed by atoms with Gasteiger partial charge in [-0.25, -0.2) is 4.79 Å². The van der Waals surface area contributed by atoms with Crippen molar-refractivity contribution in [3.05, 3.63) is 35.4 Å². The maximum absolute atomic E-state index is 11.2. The van der Waals surface area contributed by atoms with Crippen LogP contribution in [0.1, 0.15) is 22.8 Å². The summed E-state index contributed by atoms with van der Waals surface area (Å²) in [5, 5.41) is 0. The molecule has 0 heterocycles. The summed E-state index contributed by atoms with van der Waals surface area (Å²) in [4.78, 5) is 11.2. The van der Waals surface area contributed by atoms with Crippen LogP contribution in [0.4, 0.5) is 0 Å². The Kier molecular flexibility index (Phi) is 5.64. The van der Waals surface area contributed by atoms with Gasteiger partial charge in [0, 0.05) is 21.1 Å². The van der Waals surface area contributed by atoms with E-state index in [0.29, 0.717) is 12.2 Å². The first-order valence-corrected chi connectivity index (χ1v) is 3.89. The molecule has 0 aliphatic rings. The van der Waals surface area contributed by atoms with Crippen molar-refractivity contribution in [3.8, 4) is 0 Å². The number of aryl methyl sites for hydroxylation is 1. The Labute approximate surface area is 92.6 Å². The van der Waals surface area contributed by atoms with E-state index in [1.54, 1.807) is 25.1 Å². The third-order valence-electron chi connectivity index (χ3n) is 1.46. The molecule has 0 bridgehead atoms. The average Bonchev–Trinajstić information content (AvgIpc) is 2.05. The fraction of sp³-hybridized carbons (Fsp3) is 0.300.